The molecule has 146 valence electrons. The minimum Gasteiger partial charge on any atom is -0.345 e. The summed E-state index contributed by atoms with van der Waals surface area (Å²) in [4.78, 5) is 15.3. The molecule has 3 aromatic rings. The summed E-state index contributed by atoms with van der Waals surface area (Å²) in [6, 6.07) is 22.3. The molecule has 0 saturated carbocycles. The summed E-state index contributed by atoms with van der Waals surface area (Å²) in [6.07, 6.45) is 2.09. The van der Waals surface area contributed by atoms with Gasteiger partial charge in [0.15, 0.2) is 0 Å². The van der Waals surface area contributed by atoms with Crippen molar-refractivity contribution >= 4 is 21.8 Å². The molecule has 0 aliphatic carbocycles. The van der Waals surface area contributed by atoms with Gasteiger partial charge in [-0.15, -0.1) is 0 Å². The molecule has 0 saturated heterocycles. The normalized spacial score (nSPS) is 12.2. The van der Waals surface area contributed by atoms with Crippen molar-refractivity contribution in [3.63, 3.8) is 0 Å². The van der Waals surface area contributed by atoms with Crippen LogP contribution in [0.25, 0.3) is 0 Å². The number of carbonyl (C=O) groups excluding carboxylic acids is 1. The number of nitrogens with zero attached hydrogens (tertiary/aromatic N) is 2. The summed E-state index contributed by atoms with van der Waals surface area (Å²) in [5.74, 6) is 0.434. The SMILES string of the molecule is CC(C)C(C)N(Cc1cccn1Cc1ccccc1)C(=O)c1cccc(Br)c1. The third-order valence-electron chi connectivity index (χ3n) is 5.24. The second-order valence-electron chi connectivity index (χ2n) is 7.54. The number of halogens is 1. The molecule has 3 rings (SSSR count). The van der Waals surface area contributed by atoms with Crippen molar-refractivity contribution in [2.24, 2.45) is 5.92 Å². The molecule has 1 atom stereocenters. The van der Waals surface area contributed by atoms with Crippen LogP contribution in [0.3, 0.4) is 0 Å². The van der Waals surface area contributed by atoms with Crippen LogP contribution in [-0.2, 0) is 13.1 Å². The molecule has 1 amide bonds. The fraction of sp³-hybridized carbons (Fsp3) is 0.292. The lowest BCUT2D eigenvalue weighted by Crippen LogP contribution is -2.41. The first kappa shape index (κ1) is 20.4. The number of hydrogen-bond donors (Lipinski definition) is 0. The first-order valence-electron chi connectivity index (χ1n) is 9.70. The number of carbonyl (C=O) groups is 1. The van der Waals surface area contributed by atoms with Gasteiger partial charge in [0.2, 0.25) is 0 Å². The third-order valence-corrected chi connectivity index (χ3v) is 5.73. The predicted octanol–water partition coefficient (Wildman–Crippen LogP) is 5.99. The minimum atomic E-state index is 0.0648. The first-order valence-corrected chi connectivity index (χ1v) is 10.5. The van der Waals surface area contributed by atoms with E-state index in [2.05, 4.69) is 83.9 Å². The topological polar surface area (TPSA) is 25.2 Å². The lowest BCUT2D eigenvalue weighted by molar-refractivity contribution is 0.0622. The van der Waals surface area contributed by atoms with Gasteiger partial charge in [-0.1, -0.05) is 66.2 Å². The fourth-order valence-electron chi connectivity index (χ4n) is 3.25. The summed E-state index contributed by atoms with van der Waals surface area (Å²) in [5, 5.41) is 0. The highest BCUT2D eigenvalue weighted by Gasteiger charge is 2.25. The summed E-state index contributed by atoms with van der Waals surface area (Å²) in [7, 11) is 0. The molecule has 1 unspecified atom stereocenters. The molecule has 0 N–H and O–H groups in total. The zero-order valence-electron chi connectivity index (χ0n) is 16.7. The maximum Gasteiger partial charge on any atom is 0.254 e. The molecule has 0 spiro atoms. The minimum absolute atomic E-state index is 0.0648. The summed E-state index contributed by atoms with van der Waals surface area (Å²) in [5.41, 5.74) is 3.10. The molecular formula is C24H27BrN2O. The molecule has 28 heavy (non-hydrogen) atoms. The molecule has 0 aliphatic heterocycles. The van der Waals surface area contributed by atoms with Crippen molar-refractivity contribution in [1.29, 1.82) is 0 Å². The zero-order valence-corrected chi connectivity index (χ0v) is 18.3. The number of aromatic nitrogens is 1. The number of rotatable bonds is 7. The van der Waals surface area contributed by atoms with Crippen LogP contribution in [-0.4, -0.2) is 21.4 Å². The Morgan fingerprint density at radius 1 is 1.00 bits per heavy atom. The third kappa shape index (κ3) is 4.93. The Hall–Kier alpha value is -2.33. The molecule has 0 aliphatic rings. The smallest absolute Gasteiger partial charge is 0.254 e. The van der Waals surface area contributed by atoms with Crippen molar-refractivity contribution in [1.82, 2.24) is 9.47 Å². The van der Waals surface area contributed by atoms with Gasteiger partial charge in [0.1, 0.15) is 0 Å². The van der Waals surface area contributed by atoms with Gasteiger partial charge in [0.05, 0.1) is 6.54 Å². The monoisotopic (exact) mass is 438 g/mol. The van der Waals surface area contributed by atoms with Gasteiger partial charge < -0.3 is 9.47 Å². The molecule has 1 aromatic heterocycles. The quantitative estimate of drug-likeness (QED) is 0.444. The predicted molar refractivity (Wildman–Crippen MR) is 118 cm³/mol. The van der Waals surface area contributed by atoms with Crippen molar-refractivity contribution in [2.75, 3.05) is 0 Å². The number of amides is 1. The maximum atomic E-state index is 13.3. The molecular weight excluding hydrogens is 412 g/mol. The van der Waals surface area contributed by atoms with Crippen molar-refractivity contribution in [2.45, 2.75) is 39.9 Å². The van der Waals surface area contributed by atoms with Crippen LogP contribution >= 0.6 is 15.9 Å². The average molecular weight is 439 g/mol. The summed E-state index contributed by atoms with van der Waals surface area (Å²) < 4.78 is 3.15. The second-order valence-corrected chi connectivity index (χ2v) is 8.46. The van der Waals surface area contributed by atoms with Crippen LogP contribution in [0.15, 0.2) is 77.4 Å². The van der Waals surface area contributed by atoms with Crippen LogP contribution in [0, 0.1) is 5.92 Å². The average Bonchev–Trinajstić information content (AvgIpc) is 3.12. The standard InChI is InChI=1S/C24H27BrN2O/c1-18(2)19(3)27(24(28)21-11-7-12-22(25)15-21)17-23-13-8-14-26(23)16-20-9-5-4-6-10-20/h4-15,18-19H,16-17H2,1-3H3. The fourth-order valence-corrected chi connectivity index (χ4v) is 3.65. The Kier molecular flexibility index (Phi) is 6.74. The van der Waals surface area contributed by atoms with Gasteiger partial charge >= 0.3 is 0 Å². The van der Waals surface area contributed by atoms with E-state index in [4.69, 9.17) is 0 Å². The van der Waals surface area contributed by atoms with E-state index in [9.17, 15) is 4.79 Å². The molecule has 0 bridgehead atoms. The van der Waals surface area contributed by atoms with Crippen molar-refractivity contribution < 1.29 is 4.79 Å². The van der Waals surface area contributed by atoms with E-state index in [1.165, 1.54) is 5.56 Å². The van der Waals surface area contributed by atoms with Crippen LogP contribution in [0.1, 0.15) is 42.4 Å². The van der Waals surface area contributed by atoms with Crippen LogP contribution < -0.4 is 0 Å². The number of hydrogen-bond acceptors (Lipinski definition) is 1. The van der Waals surface area contributed by atoms with E-state index in [1.807, 2.05) is 35.2 Å². The highest BCUT2D eigenvalue weighted by Crippen LogP contribution is 2.21. The van der Waals surface area contributed by atoms with Gasteiger partial charge in [0.25, 0.3) is 5.91 Å². The van der Waals surface area contributed by atoms with Crippen LogP contribution in [0.2, 0.25) is 0 Å². The zero-order chi connectivity index (χ0) is 20.1. The van der Waals surface area contributed by atoms with Crippen LogP contribution in [0.4, 0.5) is 0 Å². The van der Waals surface area contributed by atoms with E-state index < -0.39 is 0 Å². The molecule has 0 fully saturated rings. The molecule has 1 heterocycles. The highest BCUT2D eigenvalue weighted by atomic mass is 79.9. The molecule has 0 radical (unpaired) electrons. The van der Waals surface area contributed by atoms with Gasteiger partial charge in [0, 0.05) is 34.5 Å². The summed E-state index contributed by atoms with van der Waals surface area (Å²) in [6.45, 7) is 7.84. The van der Waals surface area contributed by atoms with E-state index in [0.717, 1.165) is 16.7 Å². The summed E-state index contributed by atoms with van der Waals surface area (Å²) >= 11 is 3.48. The van der Waals surface area contributed by atoms with Gasteiger partial charge in [-0.3, -0.25) is 4.79 Å². The number of benzene rings is 2. The lowest BCUT2D eigenvalue weighted by atomic mass is 10.0. The van der Waals surface area contributed by atoms with E-state index in [-0.39, 0.29) is 11.9 Å². The molecule has 4 heteroatoms. The first-order chi connectivity index (χ1) is 13.5. The van der Waals surface area contributed by atoms with E-state index >= 15 is 0 Å². The Labute approximate surface area is 176 Å². The van der Waals surface area contributed by atoms with Gasteiger partial charge in [-0.25, -0.2) is 0 Å². The van der Waals surface area contributed by atoms with Gasteiger partial charge in [-0.2, -0.15) is 0 Å². The largest absolute Gasteiger partial charge is 0.345 e. The highest BCUT2D eigenvalue weighted by molar-refractivity contribution is 9.10. The van der Waals surface area contributed by atoms with E-state index in [1.54, 1.807) is 0 Å². The second kappa shape index (κ2) is 9.24. The molecule has 2 aromatic carbocycles. The maximum absolute atomic E-state index is 13.3. The molecule has 3 nitrogen and oxygen atoms in total. The lowest BCUT2D eigenvalue weighted by Gasteiger charge is -2.32. The van der Waals surface area contributed by atoms with Crippen LogP contribution in [0.5, 0.6) is 0 Å². The Morgan fingerprint density at radius 2 is 1.75 bits per heavy atom. The Morgan fingerprint density at radius 3 is 2.43 bits per heavy atom. The van der Waals surface area contributed by atoms with E-state index in [0.29, 0.717) is 18.0 Å². The van der Waals surface area contributed by atoms with Crippen molar-refractivity contribution in [3.8, 4) is 0 Å². The van der Waals surface area contributed by atoms with Crippen molar-refractivity contribution in [3.05, 3.63) is 94.2 Å². The van der Waals surface area contributed by atoms with Gasteiger partial charge in [-0.05, 0) is 48.7 Å². The Balaban J connectivity index is 1.87. The Bertz CT molecular complexity index is 917.